The van der Waals surface area contributed by atoms with Crippen LogP contribution in [0, 0.1) is 0 Å². The van der Waals surface area contributed by atoms with Crippen molar-refractivity contribution in [1.82, 2.24) is 9.13 Å². The monoisotopic (exact) mass is 728 g/mol. The van der Waals surface area contributed by atoms with E-state index in [1.165, 1.54) is 87.6 Å². The topological polar surface area (TPSA) is 23.0 Å². The SMILES string of the molecule is C1=c2c(oc3ccccc23)=C(c2cccc(-c3cccc(-c4cccc(-n5c6ccccc6c6cc(-n7c8ccccc8c8ccccc87)ccc65)c4)c3)c2)CC1. The van der Waals surface area contributed by atoms with E-state index in [1.54, 1.807) is 0 Å². The summed E-state index contributed by atoms with van der Waals surface area (Å²) in [5.74, 6) is 0. The molecule has 3 aromatic heterocycles. The van der Waals surface area contributed by atoms with Crippen LogP contribution in [-0.4, -0.2) is 9.13 Å². The van der Waals surface area contributed by atoms with E-state index in [-0.39, 0.29) is 0 Å². The highest BCUT2D eigenvalue weighted by Crippen LogP contribution is 2.38. The highest BCUT2D eigenvalue weighted by molar-refractivity contribution is 6.12. The van der Waals surface area contributed by atoms with Crippen LogP contribution < -0.4 is 10.6 Å². The molecular formula is C54H36N2O. The summed E-state index contributed by atoms with van der Waals surface area (Å²) >= 11 is 0. The molecule has 3 nitrogen and oxygen atoms in total. The molecule has 0 bridgehead atoms. The van der Waals surface area contributed by atoms with Crippen molar-refractivity contribution in [3.05, 3.63) is 204 Å². The third kappa shape index (κ3) is 4.99. The van der Waals surface area contributed by atoms with Gasteiger partial charge in [-0.1, -0.05) is 127 Å². The van der Waals surface area contributed by atoms with Gasteiger partial charge in [0.05, 0.1) is 22.1 Å². The van der Waals surface area contributed by atoms with Gasteiger partial charge in [-0.15, -0.1) is 0 Å². The molecule has 0 saturated heterocycles. The maximum atomic E-state index is 6.46. The Bertz CT molecular complexity index is 3480. The first kappa shape index (κ1) is 31.9. The summed E-state index contributed by atoms with van der Waals surface area (Å²) in [5.41, 5.74) is 16.4. The molecule has 11 aromatic rings. The fourth-order valence-corrected chi connectivity index (χ4v) is 9.41. The van der Waals surface area contributed by atoms with Gasteiger partial charge in [0, 0.05) is 49.1 Å². The lowest BCUT2D eigenvalue weighted by Crippen LogP contribution is -2.26. The van der Waals surface area contributed by atoms with Gasteiger partial charge in [-0.2, -0.15) is 0 Å². The Labute approximate surface area is 329 Å². The number of benzene rings is 8. The lowest BCUT2D eigenvalue weighted by molar-refractivity contribution is 0.568. The number of para-hydroxylation sites is 4. The van der Waals surface area contributed by atoms with Crippen LogP contribution in [0.1, 0.15) is 18.4 Å². The molecule has 1 aliphatic rings. The van der Waals surface area contributed by atoms with Gasteiger partial charge >= 0.3 is 0 Å². The first-order valence-electron chi connectivity index (χ1n) is 19.8. The third-order valence-electron chi connectivity index (χ3n) is 12.0. The number of nitrogens with zero attached hydrogens (tertiary/aromatic N) is 2. The van der Waals surface area contributed by atoms with Gasteiger partial charge in [-0.3, -0.25) is 0 Å². The number of fused-ring (bicyclic) bond motifs is 9. The number of hydrogen-bond acceptors (Lipinski definition) is 1. The second-order valence-corrected chi connectivity index (χ2v) is 15.2. The van der Waals surface area contributed by atoms with Gasteiger partial charge in [-0.25, -0.2) is 0 Å². The number of aromatic nitrogens is 2. The summed E-state index contributed by atoms with van der Waals surface area (Å²) < 4.78 is 11.3. The minimum Gasteiger partial charge on any atom is -0.456 e. The number of rotatable bonds is 5. The molecule has 57 heavy (non-hydrogen) atoms. The molecule has 12 rings (SSSR count). The zero-order valence-electron chi connectivity index (χ0n) is 31.2. The lowest BCUT2D eigenvalue weighted by atomic mass is 9.93. The van der Waals surface area contributed by atoms with Crippen LogP contribution in [0.4, 0.5) is 0 Å². The van der Waals surface area contributed by atoms with Crippen molar-refractivity contribution >= 4 is 66.2 Å². The Morgan fingerprint density at radius 1 is 0.368 bits per heavy atom. The average molecular weight is 729 g/mol. The van der Waals surface area contributed by atoms with Crippen molar-refractivity contribution in [2.45, 2.75) is 12.8 Å². The molecule has 0 amide bonds. The average Bonchev–Trinajstić information content (AvgIpc) is 3.94. The molecule has 0 unspecified atom stereocenters. The van der Waals surface area contributed by atoms with E-state index in [9.17, 15) is 0 Å². The molecule has 1 aliphatic carbocycles. The summed E-state index contributed by atoms with van der Waals surface area (Å²) in [6.45, 7) is 0. The maximum absolute atomic E-state index is 6.46. The predicted molar refractivity (Wildman–Crippen MR) is 238 cm³/mol. The molecule has 0 atom stereocenters. The summed E-state index contributed by atoms with van der Waals surface area (Å²) in [6, 6.07) is 68.4. The van der Waals surface area contributed by atoms with Crippen molar-refractivity contribution in [2.24, 2.45) is 0 Å². The first-order valence-corrected chi connectivity index (χ1v) is 19.8. The van der Waals surface area contributed by atoms with Crippen LogP contribution in [-0.2, 0) is 0 Å². The molecule has 3 heterocycles. The second kappa shape index (κ2) is 12.6. The smallest absolute Gasteiger partial charge is 0.138 e. The summed E-state index contributed by atoms with van der Waals surface area (Å²) in [4.78, 5) is 0. The fourth-order valence-electron chi connectivity index (χ4n) is 9.41. The van der Waals surface area contributed by atoms with Crippen molar-refractivity contribution in [2.75, 3.05) is 0 Å². The first-order chi connectivity index (χ1) is 28.3. The molecule has 0 fully saturated rings. The molecule has 0 spiro atoms. The summed E-state index contributed by atoms with van der Waals surface area (Å²) in [7, 11) is 0. The fraction of sp³-hybridized carbons (Fsp3) is 0.0370. The maximum Gasteiger partial charge on any atom is 0.138 e. The van der Waals surface area contributed by atoms with Crippen LogP contribution in [0.2, 0.25) is 0 Å². The number of furan rings is 1. The Morgan fingerprint density at radius 3 is 1.53 bits per heavy atom. The van der Waals surface area contributed by atoms with E-state index < -0.39 is 0 Å². The van der Waals surface area contributed by atoms with Gasteiger partial charge in [0.2, 0.25) is 0 Å². The van der Waals surface area contributed by atoms with E-state index in [0.717, 1.165) is 35.2 Å². The zero-order chi connectivity index (χ0) is 37.5. The Morgan fingerprint density at radius 2 is 0.860 bits per heavy atom. The molecular weight excluding hydrogens is 693 g/mol. The van der Waals surface area contributed by atoms with Crippen molar-refractivity contribution < 1.29 is 4.42 Å². The summed E-state index contributed by atoms with van der Waals surface area (Å²) in [6.07, 6.45) is 4.31. The normalized spacial score (nSPS) is 12.9. The van der Waals surface area contributed by atoms with Gasteiger partial charge in [-0.05, 0) is 107 Å². The van der Waals surface area contributed by atoms with E-state index in [4.69, 9.17) is 4.42 Å². The molecule has 0 aliphatic heterocycles. The highest BCUT2D eigenvalue weighted by atomic mass is 16.3. The molecule has 8 aromatic carbocycles. The standard InChI is InChI=1S/C54H36N2O/c1-5-25-49-43(19-1)44-20-2-6-26-50(44)56(49)41-29-30-52-48(34-41)45-21-3-7-27-51(45)55(52)40-18-11-16-38(33-40)36-14-9-13-35(31-36)37-15-10-17-39(32-37)42-23-12-24-47-46-22-4-8-28-53(46)57-54(42)47/h1-11,13-22,24-34H,12,23H2. The van der Waals surface area contributed by atoms with Gasteiger partial charge < -0.3 is 13.6 Å². The van der Waals surface area contributed by atoms with Crippen LogP contribution in [0.25, 0.3) is 99.9 Å². The molecule has 268 valence electrons. The molecule has 0 N–H and O–H groups in total. The van der Waals surface area contributed by atoms with Crippen LogP contribution in [0.15, 0.2) is 192 Å². The zero-order valence-corrected chi connectivity index (χ0v) is 31.2. The third-order valence-corrected chi connectivity index (χ3v) is 12.0. The van der Waals surface area contributed by atoms with Gasteiger partial charge in [0.25, 0.3) is 0 Å². The van der Waals surface area contributed by atoms with E-state index in [1.807, 2.05) is 6.07 Å². The van der Waals surface area contributed by atoms with E-state index >= 15 is 0 Å². The predicted octanol–water partition coefficient (Wildman–Crippen LogP) is 12.7. The molecule has 3 heteroatoms. The minimum absolute atomic E-state index is 0.953. The van der Waals surface area contributed by atoms with E-state index in [0.29, 0.717) is 0 Å². The summed E-state index contributed by atoms with van der Waals surface area (Å²) in [5, 5.41) is 7.44. The largest absolute Gasteiger partial charge is 0.456 e. The highest BCUT2D eigenvalue weighted by Gasteiger charge is 2.18. The Balaban J connectivity index is 0.952. The van der Waals surface area contributed by atoms with Crippen LogP contribution in [0.3, 0.4) is 0 Å². The minimum atomic E-state index is 0.953. The van der Waals surface area contributed by atoms with E-state index in [2.05, 4.69) is 197 Å². The van der Waals surface area contributed by atoms with Crippen molar-refractivity contribution in [1.29, 1.82) is 0 Å². The molecule has 0 saturated carbocycles. The van der Waals surface area contributed by atoms with Crippen LogP contribution >= 0.6 is 0 Å². The van der Waals surface area contributed by atoms with Crippen molar-refractivity contribution in [3.8, 4) is 33.6 Å². The lowest BCUT2D eigenvalue weighted by Gasteiger charge is -2.13. The molecule has 0 radical (unpaired) electrons. The van der Waals surface area contributed by atoms with Crippen molar-refractivity contribution in [3.63, 3.8) is 0 Å². The van der Waals surface area contributed by atoms with Crippen LogP contribution in [0.5, 0.6) is 0 Å². The van der Waals surface area contributed by atoms with Gasteiger partial charge in [0.15, 0.2) is 0 Å². The second-order valence-electron chi connectivity index (χ2n) is 15.2. The quantitative estimate of drug-likeness (QED) is 0.173. The number of hydrogen-bond donors (Lipinski definition) is 0. The van der Waals surface area contributed by atoms with Gasteiger partial charge in [0.1, 0.15) is 11.0 Å². The Hall–Kier alpha value is -7.36. The Kier molecular flexibility index (Phi) is 7.05.